The fourth-order valence-electron chi connectivity index (χ4n) is 4.04. The number of carbonyl (C=O) groups excluding carboxylic acids is 1. The lowest BCUT2D eigenvalue weighted by molar-refractivity contribution is -0.0574. The molecule has 2 amide bonds. The molecule has 1 saturated heterocycles. The molecule has 0 unspecified atom stereocenters. The summed E-state index contributed by atoms with van der Waals surface area (Å²) < 4.78 is 0. The van der Waals surface area contributed by atoms with Crippen LogP contribution in [0.4, 0.5) is 10.5 Å². The zero-order chi connectivity index (χ0) is 16.3. The summed E-state index contributed by atoms with van der Waals surface area (Å²) in [4.78, 5) is 14.3. The summed E-state index contributed by atoms with van der Waals surface area (Å²) in [5.74, 6) is 0.439. The van der Waals surface area contributed by atoms with Gasteiger partial charge >= 0.3 is 6.03 Å². The Bertz CT molecular complexity index is 544. The average Bonchev–Trinajstić information content (AvgIpc) is 3.11. The van der Waals surface area contributed by atoms with Gasteiger partial charge in [-0.05, 0) is 55.7 Å². The normalized spacial score (nSPS) is 21.4. The highest BCUT2D eigenvalue weighted by molar-refractivity contribution is 5.89. The number of aliphatic hydroxyl groups is 1. The van der Waals surface area contributed by atoms with Gasteiger partial charge in [-0.3, -0.25) is 0 Å². The first kappa shape index (κ1) is 16.3. The summed E-state index contributed by atoms with van der Waals surface area (Å²) in [5.41, 5.74) is 1.53. The average molecular weight is 316 g/mol. The Morgan fingerprint density at radius 1 is 1.30 bits per heavy atom. The summed E-state index contributed by atoms with van der Waals surface area (Å²) >= 11 is 0. The summed E-state index contributed by atoms with van der Waals surface area (Å²) in [6.07, 6.45) is 7.15. The van der Waals surface area contributed by atoms with Crippen molar-refractivity contribution in [2.24, 2.45) is 5.92 Å². The standard InChI is InChI=1S/C19H28N2O2/c1-2-15-6-5-9-17(14-15)20-18(22)21-12-10-19(23,11-13-21)16-7-3-4-8-16/h5-6,9,14,16,23H,2-4,7-8,10-13H2,1H3,(H,20,22). The van der Waals surface area contributed by atoms with Gasteiger partial charge in [0.1, 0.15) is 0 Å². The summed E-state index contributed by atoms with van der Waals surface area (Å²) in [7, 11) is 0. The molecule has 2 fully saturated rings. The van der Waals surface area contributed by atoms with Crippen molar-refractivity contribution in [3.63, 3.8) is 0 Å². The third-order valence-corrected chi connectivity index (χ3v) is 5.62. The molecule has 1 heterocycles. The Labute approximate surface area is 138 Å². The van der Waals surface area contributed by atoms with Crippen molar-refractivity contribution in [2.45, 2.75) is 57.5 Å². The number of hydrogen-bond donors (Lipinski definition) is 2. The van der Waals surface area contributed by atoms with Gasteiger partial charge < -0.3 is 15.3 Å². The van der Waals surface area contributed by atoms with E-state index >= 15 is 0 Å². The van der Waals surface area contributed by atoms with Crippen LogP contribution in [-0.4, -0.2) is 34.7 Å². The van der Waals surface area contributed by atoms with Gasteiger partial charge in [0.25, 0.3) is 0 Å². The molecule has 0 bridgehead atoms. The first-order chi connectivity index (χ1) is 11.1. The lowest BCUT2D eigenvalue weighted by Crippen LogP contribution is -2.50. The van der Waals surface area contributed by atoms with Gasteiger partial charge in [0.05, 0.1) is 5.60 Å². The number of benzene rings is 1. The fraction of sp³-hybridized carbons (Fsp3) is 0.632. The van der Waals surface area contributed by atoms with Crippen molar-refractivity contribution in [1.29, 1.82) is 0 Å². The molecule has 4 heteroatoms. The van der Waals surface area contributed by atoms with Crippen LogP contribution in [-0.2, 0) is 6.42 Å². The SMILES string of the molecule is CCc1cccc(NC(=O)N2CCC(O)(C3CCCC3)CC2)c1. The second-order valence-corrected chi connectivity index (χ2v) is 7.06. The summed E-state index contributed by atoms with van der Waals surface area (Å²) in [5, 5.41) is 13.9. The Hall–Kier alpha value is -1.55. The number of piperidine rings is 1. The Morgan fingerprint density at radius 3 is 2.65 bits per heavy atom. The van der Waals surface area contributed by atoms with Crippen LogP contribution in [0.2, 0.25) is 0 Å². The van der Waals surface area contributed by atoms with E-state index < -0.39 is 5.60 Å². The molecule has 1 aromatic carbocycles. The number of urea groups is 1. The van der Waals surface area contributed by atoms with Crippen molar-refractivity contribution in [3.05, 3.63) is 29.8 Å². The van der Waals surface area contributed by atoms with Crippen LogP contribution in [0.15, 0.2) is 24.3 Å². The van der Waals surface area contributed by atoms with Crippen molar-refractivity contribution in [2.75, 3.05) is 18.4 Å². The van der Waals surface area contributed by atoms with Gasteiger partial charge in [0, 0.05) is 18.8 Å². The molecule has 1 saturated carbocycles. The van der Waals surface area contributed by atoms with Crippen LogP contribution >= 0.6 is 0 Å². The van der Waals surface area contributed by atoms with Crippen molar-refractivity contribution in [1.82, 2.24) is 4.90 Å². The number of hydrogen-bond acceptors (Lipinski definition) is 2. The largest absolute Gasteiger partial charge is 0.389 e. The van der Waals surface area contributed by atoms with E-state index in [0.717, 1.165) is 24.9 Å². The zero-order valence-electron chi connectivity index (χ0n) is 14.1. The van der Waals surface area contributed by atoms with Crippen LogP contribution < -0.4 is 5.32 Å². The maximum absolute atomic E-state index is 12.4. The minimum Gasteiger partial charge on any atom is -0.389 e. The van der Waals surface area contributed by atoms with E-state index in [-0.39, 0.29) is 6.03 Å². The molecule has 0 atom stereocenters. The van der Waals surface area contributed by atoms with Crippen molar-refractivity contribution < 1.29 is 9.90 Å². The Kier molecular flexibility index (Phi) is 4.90. The molecule has 0 spiro atoms. The van der Waals surface area contributed by atoms with Crippen molar-refractivity contribution >= 4 is 11.7 Å². The Morgan fingerprint density at radius 2 is 2.00 bits per heavy atom. The molecule has 1 aromatic rings. The number of nitrogens with one attached hydrogen (secondary N) is 1. The number of aryl methyl sites for hydroxylation is 1. The molecular weight excluding hydrogens is 288 g/mol. The first-order valence-electron chi connectivity index (χ1n) is 8.98. The number of likely N-dealkylation sites (tertiary alicyclic amines) is 1. The topological polar surface area (TPSA) is 52.6 Å². The third-order valence-electron chi connectivity index (χ3n) is 5.62. The molecule has 2 N–H and O–H groups in total. The monoisotopic (exact) mass is 316 g/mol. The summed E-state index contributed by atoms with van der Waals surface area (Å²) in [6, 6.07) is 7.95. The minimum absolute atomic E-state index is 0.0493. The molecule has 0 radical (unpaired) electrons. The van der Waals surface area contributed by atoms with E-state index in [0.29, 0.717) is 31.8 Å². The molecular formula is C19H28N2O2. The number of amides is 2. The predicted octanol–water partition coefficient (Wildman–Crippen LogP) is 3.80. The second-order valence-electron chi connectivity index (χ2n) is 7.06. The van der Waals surface area contributed by atoms with Crippen LogP contribution in [0.25, 0.3) is 0 Å². The van der Waals surface area contributed by atoms with E-state index in [9.17, 15) is 9.90 Å². The van der Waals surface area contributed by atoms with E-state index in [4.69, 9.17) is 0 Å². The highest BCUT2D eigenvalue weighted by atomic mass is 16.3. The summed E-state index contributed by atoms with van der Waals surface area (Å²) in [6.45, 7) is 3.40. The third kappa shape index (κ3) is 3.69. The maximum Gasteiger partial charge on any atom is 0.321 e. The van der Waals surface area contributed by atoms with Crippen molar-refractivity contribution in [3.8, 4) is 0 Å². The van der Waals surface area contributed by atoms with Crippen LogP contribution in [0.1, 0.15) is 51.0 Å². The van der Waals surface area contributed by atoms with Gasteiger partial charge in [-0.25, -0.2) is 4.79 Å². The maximum atomic E-state index is 12.4. The van der Waals surface area contributed by atoms with Gasteiger partial charge in [-0.2, -0.15) is 0 Å². The molecule has 3 rings (SSSR count). The predicted molar refractivity (Wildman–Crippen MR) is 92.6 cm³/mol. The number of carbonyl (C=O) groups is 1. The van der Waals surface area contributed by atoms with E-state index in [2.05, 4.69) is 18.3 Å². The zero-order valence-corrected chi connectivity index (χ0v) is 14.1. The van der Waals surface area contributed by atoms with Crippen LogP contribution in [0.3, 0.4) is 0 Å². The Balaban J connectivity index is 1.55. The quantitative estimate of drug-likeness (QED) is 0.891. The molecule has 4 nitrogen and oxygen atoms in total. The lowest BCUT2D eigenvalue weighted by atomic mass is 9.78. The van der Waals surface area contributed by atoms with Gasteiger partial charge in [-0.1, -0.05) is 31.9 Å². The highest BCUT2D eigenvalue weighted by Crippen LogP contribution is 2.40. The van der Waals surface area contributed by atoms with Gasteiger partial charge in [-0.15, -0.1) is 0 Å². The molecule has 2 aliphatic rings. The molecule has 126 valence electrons. The van der Waals surface area contributed by atoms with Gasteiger partial charge in [0.2, 0.25) is 0 Å². The molecule has 0 aromatic heterocycles. The fourth-order valence-corrected chi connectivity index (χ4v) is 4.04. The van der Waals surface area contributed by atoms with Crippen LogP contribution in [0, 0.1) is 5.92 Å². The van der Waals surface area contributed by atoms with E-state index in [1.165, 1.54) is 18.4 Å². The number of rotatable bonds is 3. The smallest absolute Gasteiger partial charge is 0.321 e. The first-order valence-corrected chi connectivity index (χ1v) is 8.98. The molecule has 23 heavy (non-hydrogen) atoms. The highest BCUT2D eigenvalue weighted by Gasteiger charge is 2.41. The van der Waals surface area contributed by atoms with Gasteiger partial charge in [0.15, 0.2) is 0 Å². The molecule has 1 aliphatic carbocycles. The van der Waals surface area contributed by atoms with E-state index in [1.807, 2.05) is 23.1 Å². The lowest BCUT2D eigenvalue weighted by Gasteiger charge is -2.41. The number of nitrogens with zero attached hydrogens (tertiary/aromatic N) is 1. The number of anilines is 1. The minimum atomic E-state index is -0.546. The van der Waals surface area contributed by atoms with E-state index in [1.54, 1.807) is 0 Å². The molecule has 1 aliphatic heterocycles. The second kappa shape index (κ2) is 6.91. The van der Waals surface area contributed by atoms with Crippen LogP contribution in [0.5, 0.6) is 0 Å².